The predicted octanol–water partition coefficient (Wildman–Crippen LogP) is 3.26. The van der Waals surface area contributed by atoms with Crippen molar-refractivity contribution in [1.29, 1.82) is 0 Å². The number of carbonyl (C=O) groups excluding carboxylic acids is 2. The van der Waals surface area contributed by atoms with Crippen LogP contribution in [0.15, 0.2) is 42.0 Å². The Balaban J connectivity index is 2.17. The molecule has 3 rings (SSSR count). The van der Waals surface area contributed by atoms with Crippen LogP contribution in [0.25, 0.3) is 5.76 Å². The zero-order valence-corrected chi connectivity index (χ0v) is 19.8. The third kappa shape index (κ3) is 4.79. The first kappa shape index (κ1) is 24.9. The van der Waals surface area contributed by atoms with Gasteiger partial charge in [0.05, 0.1) is 51.2 Å². The molecular weight excluding hydrogens is 442 g/mol. The van der Waals surface area contributed by atoms with Crippen molar-refractivity contribution in [2.24, 2.45) is 0 Å². The van der Waals surface area contributed by atoms with Crippen molar-refractivity contribution in [3.05, 3.63) is 53.1 Å². The molecule has 1 unspecified atom stereocenters. The molecule has 182 valence electrons. The Morgan fingerprint density at radius 1 is 1.00 bits per heavy atom. The zero-order valence-electron chi connectivity index (χ0n) is 19.8. The number of ether oxygens (including phenoxy) is 4. The number of Topliss-reactive ketones (excluding diaryl/α,β-unsaturated/α-hetero) is 1. The molecule has 0 spiro atoms. The van der Waals surface area contributed by atoms with Gasteiger partial charge in [-0.1, -0.05) is 6.07 Å². The molecule has 0 radical (unpaired) electrons. The van der Waals surface area contributed by atoms with Crippen molar-refractivity contribution in [2.75, 3.05) is 34.5 Å². The van der Waals surface area contributed by atoms with Crippen LogP contribution in [0.3, 0.4) is 0 Å². The van der Waals surface area contributed by atoms with Crippen LogP contribution in [0, 0.1) is 0 Å². The van der Waals surface area contributed by atoms with Gasteiger partial charge in [-0.2, -0.15) is 0 Å². The van der Waals surface area contributed by atoms with Crippen molar-refractivity contribution in [3.8, 4) is 23.0 Å². The lowest BCUT2D eigenvalue weighted by atomic mass is 9.94. The minimum atomic E-state index is -0.959. The highest BCUT2D eigenvalue weighted by atomic mass is 16.5. The first-order valence-electron chi connectivity index (χ1n) is 10.7. The van der Waals surface area contributed by atoms with Gasteiger partial charge in [-0.05, 0) is 43.7 Å². The maximum absolute atomic E-state index is 13.1. The standard InChI is InChI=1S/C25H29NO8/c1-14(2)34-11-10-26-22(15-6-9-19(32-4)18(27)12-15)21(24(29)25(26)30)23(28)17-8-7-16(31-3)13-20(17)33-5/h6-9,12-14,22,27-28H,10-11H2,1-5H3/b23-21-. The van der Waals surface area contributed by atoms with Gasteiger partial charge in [0.15, 0.2) is 11.5 Å². The van der Waals surface area contributed by atoms with Crippen molar-refractivity contribution in [3.63, 3.8) is 0 Å². The van der Waals surface area contributed by atoms with E-state index in [1.807, 2.05) is 13.8 Å². The van der Waals surface area contributed by atoms with Crippen LogP contribution in [0.4, 0.5) is 0 Å². The number of likely N-dealkylation sites (tertiary alicyclic amines) is 1. The highest BCUT2D eigenvalue weighted by molar-refractivity contribution is 6.46. The molecule has 1 amide bonds. The van der Waals surface area contributed by atoms with Crippen LogP contribution in [0.2, 0.25) is 0 Å². The Hall–Kier alpha value is -3.72. The van der Waals surface area contributed by atoms with Gasteiger partial charge in [-0.25, -0.2) is 0 Å². The molecule has 0 saturated carbocycles. The van der Waals surface area contributed by atoms with Gasteiger partial charge in [0.1, 0.15) is 17.3 Å². The number of hydrogen-bond donors (Lipinski definition) is 2. The van der Waals surface area contributed by atoms with Crippen LogP contribution >= 0.6 is 0 Å². The smallest absolute Gasteiger partial charge is 0.295 e. The van der Waals surface area contributed by atoms with E-state index in [1.54, 1.807) is 24.3 Å². The van der Waals surface area contributed by atoms with E-state index in [9.17, 15) is 19.8 Å². The van der Waals surface area contributed by atoms with E-state index in [1.165, 1.54) is 38.4 Å². The Morgan fingerprint density at radius 3 is 2.29 bits per heavy atom. The average molecular weight is 472 g/mol. The summed E-state index contributed by atoms with van der Waals surface area (Å²) < 4.78 is 21.3. The molecular formula is C25H29NO8. The highest BCUT2D eigenvalue weighted by Crippen LogP contribution is 2.43. The minimum absolute atomic E-state index is 0.0659. The summed E-state index contributed by atoms with van der Waals surface area (Å²) in [6.45, 7) is 4.03. The first-order chi connectivity index (χ1) is 16.2. The molecule has 2 aromatic rings. The lowest BCUT2D eigenvalue weighted by Gasteiger charge is -2.26. The molecule has 1 atom stereocenters. The summed E-state index contributed by atoms with van der Waals surface area (Å²) in [5.41, 5.74) is 0.529. The second kappa shape index (κ2) is 10.5. The summed E-state index contributed by atoms with van der Waals surface area (Å²) in [7, 11) is 4.33. The number of aliphatic hydroxyl groups excluding tert-OH is 1. The van der Waals surface area contributed by atoms with E-state index in [0.29, 0.717) is 11.3 Å². The number of aromatic hydroxyl groups is 1. The largest absolute Gasteiger partial charge is 0.507 e. The predicted molar refractivity (Wildman–Crippen MR) is 124 cm³/mol. The Kier molecular flexibility index (Phi) is 7.68. The second-order valence-electron chi connectivity index (χ2n) is 7.91. The highest BCUT2D eigenvalue weighted by Gasteiger charge is 2.46. The molecule has 2 aromatic carbocycles. The molecule has 1 saturated heterocycles. The fourth-order valence-electron chi connectivity index (χ4n) is 3.86. The molecule has 2 N–H and O–H groups in total. The van der Waals surface area contributed by atoms with Crippen LogP contribution in [0.1, 0.15) is 31.0 Å². The Labute approximate surface area is 198 Å². The van der Waals surface area contributed by atoms with Gasteiger partial charge in [-0.3, -0.25) is 9.59 Å². The lowest BCUT2D eigenvalue weighted by molar-refractivity contribution is -0.140. The Morgan fingerprint density at radius 2 is 1.71 bits per heavy atom. The van der Waals surface area contributed by atoms with Crippen LogP contribution in [-0.2, 0) is 14.3 Å². The maximum Gasteiger partial charge on any atom is 0.295 e. The quantitative estimate of drug-likeness (QED) is 0.325. The number of nitrogens with zero attached hydrogens (tertiary/aromatic N) is 1. The normalized spacial score (nSPS) is 17.4. The molecule has 0 aliphatic carbocycles. The van der Waals surface area contributed by atoms with E-state index in [0.717, 1.165) is 0 Å². The average Bonchev–Trinajstić information content (AvgIpc) is 3.07. The molecule has 1 aliphatic heterocycles. The van der Waals surface area contributed by atoms with Crippen LogP contribution in [0.5, 0.6) is 23.0 Å². The number of ketones is 1. The minimum Gasteiger partial charge on any atom is -0.507 e. The van der Waals surface area contributed by atoms with E-state index < -0.39 is 23.5 Å². The van der Waals surface area contributed by atoms with Gasteiger partial charge < -0.3 is 34.1 Å². The van der Waals surface area contributed by atoms with Gasteiger partial charge in [0.25, 0.3) is 11.7 Å². The monoisotopic (exact) mass is 471 g/mol. The van der Waals surface area contributed by atoms with Gasteiger partial charge in [-0.15, -0.1) is 0 Å². The van der Waals surface area contributed by atoms with Crippen molar-refractivity contribution in [1.82, 2.24) is 4.90 Å². The summed E-state index contributed by atoms with van der Waals surface area (Å²) in [4.78, 5) is 27.5. The number of benzene rings is 2. The summed E-state index contributed by atoms with van der Waals surface area (Å²) in [5.74, 6) is -1.18. The van der Waals surface area contributed by atoms with Crippen molar-refractivity contribution >= 4 is 17.4 Å². The number of hydrogen-bond acceptors (Lipinski definition) is 8. The molecule has 9 nitrogen and oxygen atoms in total. The van der Waals surface area contributed by atoms with Crippen molar-refractivity contribution in [2.45, 2.75) is 26.0 Å². The maximum atomic E-state index is 13.1. The van der Waals surface area contributed by atoms with E-state index >= 15 is 0 Å². The summed E-state index contributed by atoms with van der Waals surface area (Å²) >= 11 is 0. The number of phenolic OH excluding ortho intramolecular Hbond substituents is 1. The third-order valence-corrected chi connectivity index (χ3v) is 5.51. The number of phenols is 1. The van der Waals surface area contributed by atoms with Gasteiger partial charge in [0, 0.05) is 12.6 Å². The fraction of sp³-hybridized carbons (Fsp3) is 0.360. The second-order valence-corrected chi connectivity index (χ2v) is 7.91. The number of carbonyl (C=O) groups is 2. The summed E-state index contributed by atoms with van der Waals surface area (Å²) in [5, 5.41) is 21.6. The first-order valence-corrected chi connectivity index (χ1v) is 10.7. The number of methoxy groups -OCH3 is 3. The van der Waals surface area contributed by atoms with Crippen LogP contribution < -0.4 is 14.2 Å². The summed E-state index contributed by atoms with van der Waals surface area (Å²) in [6, 6.07) is 8.33. The number of aliphatic hydroxyl groups is 1. The fourth-order valence-corrected chi connectivity index (χ4v) is 3.86. The Bertz CT molecular complexity index is 1110. The van der Waals surface area contributed by atoms with Crippen LogP contribution in [-0.4, -0.2) is 67.4 Å². The third-order valence-electron chi connectivity index (χ3n) is 5.51. The molecule has 1 fully saturated rings. The van der Waals surface area contributed by atoms with Gasteiger partial charge >= 0.3 is 0 Å². The molecule has 9 heteroatoms. The number of amides is 1. The summed E-state index contributed by atoms with van der Waals surface area (Å²) in [6.07, 6.45) is -0.0659. The number of rotatable bonds is 9. The molecule has 0 aromatic heterocycles. The van der Waals surface area contributed by atoms with E-state index in [-0.39, 0.29) is 47.6 Å². The van der Waals surface area contributed by atoms with E-state index in [4.69, 9.17) is 18.9 Å². The SMILES string of the molecule is COc1ccc(/C(O)=C2/C(=O)C(=O)N(CCOC(C)C)C2c2ccc(OC)c(O)c2)c(OC)c1. The van der Waals surface area contributed by atoms with Gasteiger partial charge in [0.2, 0.25) is 0 Å². The molecule has 34 heavy (non-hydrogen) atoms. The molecule has 1 heterocycles. The topological polar surface area (TPSA) is 115 Å². The lowest BCUT2D eigenvalue weighted by Crippen LogP contribution is -2.33. The zero-order chi connectivity index (χ0) is 25.0. The molecule has 1 aliphatic rings. The molecule has 0 bridgehead atoms. The van der Waals surface area contributed by atoms with E-state index in [2.05, 4.69) is 0 Å². The van der Waals surface area contributed by atoms with Crippen molar-refractivity contribution < 1.29 is 38.7 Å².